The molecule has 37 heavy (non-hydrogen) atoms. The summed E-state index contributed by atoms with van der Waals surface area (Å²) in [5.41, 5.74) is 2.89. The standard InChI is InChI=1S/C26H21N5O5S/c1-32-17-6-4-15(5-7-17)24-27-9-8-16(28-24)14-35-21-10-18(33-2)11-22-19(21)12-23(36-22)20-13-31-25(29-20)37-26(30-31)34-3/h4-13H,14H2,1-3H3. The molecule has 0 aliphatic carbocycles. The third-order valence-corrected chi connectivity index (χ3v) is 6.58. The molecule has 0 saturated carbocycles. The van der Waals surface area contributed by atoms with Gasteiger partial charge in [-0.1, -0.05) is 0 Å². The van der Waals surface area contributed by atoms with Crippen LogP contribution in [0.3, 0.4) is 0 Å². The monoisotopic (exact) mass is 515 g/mol. The first-order valence-corrected chi connectivity index (χ1v) is 12.1. The van der Waals surface area contributed by atoms with Crippen LogP contribution in [0.5, 0.6) is 22.4 Å². The summed E-state index contributed by atoms with van der Waals surface area (Å²) in [6, 6.07) is 15.0. The predicted octanol–water partition coefficient (Wildman–Crippen LogP) is 5.27. The van der Waals surface area contributed by atoms with E-state index in [4.69, 9.17) is 23.4 Å². The highest BCUT2D eigenvalue weighted by Crippen LogP contribution is 2.37. The number of aromatic nitrogens is 5. The second-order valence-corrected chi connectivity index (χ2v) is 8.88. The fourth-order valence-corrected chi connectivity index (χ4v) is 4.54. The molecule has 11 heteroatoms. The summed E-state index contributed by atoms with van der Waals surface area (Å²) in [5.74, 6) is 3.19. The Kier molecular flexibility index (Phi) is 5.81. The first-order chi connectivity index (χ1) is 18.1. The molecule has 10 nitrogen and oxygen atoms in total. The number of benzene rings is 2. The number of furan rings is 1. The minimum absolute atomic E-state index is 0.235. The van der Waals surface area contributed by atoms with E-state index in [1.165, 1.54) is 11.3 Å². The maximum absolute atomic E-state index is 6.20. The number of nitrogens with zero attached hydrogens (tertiary/aromatic N) is 5. The minimum Gasteiger partial charge on any atom is -0.497 e. The fourth-order valence-electron chi connectivity index (χ4n) is 3.84. The van der Waals surface area contributed by atoms with Gasteiger partial charge in [0, 0.05) is 23.9 Å². The van der Waals surface area contributed by atoms with Crippen LogP contribution in [0.2, 0.25) is 0 Å². The highest BCUT2D eigenvalue weighted by Gasteiger charge is 2.17. The van der Waals surface area contributed by atoms with Crippen molar-refractivity contribution in [2.24, 2.45) is 0 Å². The number of methoxy groups -OCH3 is 3. The molecule has 0 fully saturated rings. The zero-order valence-electron chi connectivity index (χ0n) is 20.2. The van der Waals surface area contributed by atoms with Gasteiger partial charge in [0.2, 0.25) is 4.96 Å². The molecule has 0 unspecified atom stereocenters. The molecule has 0 aliphatic rings. The summed E-state index contributed by atoms with van der Waals surface area (Å²) in [7, 11) is 4.81. The Morgan fingerprint density at radius 1 is 0.919 bits per heavy atom. The zero-order valence-corrected chi connectivity index (χ0v) is 21.0. The lowest BCUT2D eigenvalue weighted by Gasteiger charge is -2.09. The van der Waals surface area contributed by atoms with E-state index in [1.54, 1.807) is 38.2 Å². The van der Waals surface area contributed by atoms with Gasteiger partial charge in [0.25, 0.3) is 5.19 Å². The van der Waals surface area contributed by atoms with Gasteiger partial charge in [0.15, 0.2) is 11.6 Å². The quantitative estimate of drug-likeness (QED) is 0.268. The van der Waals surface area contributed by atoms with Crippen molar-refractivity contribution in [1.82, 2.24) is 24.6 Å². The van der Waals surface area contributed by atoms with Gasteiger partial charge in [-0.25, -0.2) is 19.5 Å². The maximum atomic E-state index is 6.20. The predicted molar refractivity (Wildman–Crippen MR) is 138 cm³/mol. The Morgan fingerprint density at radius 2 is 1.76 bits per heavy atom. The molecule has 2 aromatic carbocycles. The smallest absolute Gasteiger partial charge is 0.294 e. The van der Waals surface area contributed by atoms with Crippen molar-refractivity contribution >= 4 is 27.3 Å². The summed E-state index contributed by atoms with van der Waals surface area (Å²) in [6.07, 6.45) is 3.52. The summed E-state index contributed by atoms with van der Waals surface area (Å²) >= 11 is 1.35. The molecule has 6 aromatic rings. The van der Waals surface area contributed by atoms with Crippen molar-refractivity contribution in [1.29, 1.82) is 0 Å². The van der Waals surface area contributed by atoms with Crippen LogP contribution in [0.15, 0.2) is 65.3 Å². The summed E-state index contributed by atoms with van der Waals surface area (Å²) < 4.78 is 29.9. The second-order valence-electron chi connectivity index (χ2n) is 7.96. The highest BCUT2D eigenvalue weighted by molar-refractivity contribution is 7.18. The number of hydrogen-bond acceptors (Lipinski definition) is 10. The molecule has 4 aromatic heterocycles. The largest absolute Gasteiger partial charge is 0.497 e. The molecule has 0 bridgehead atoms. The molecule has 0 atom stereocenters. The van der Waals surface area contributed by atoms with Crippen LogP contribution in [-0.4, -0.2) is 45.9 Å². The van der Waals surface area contributed by atoms with Gasteiger partial charge in [-0.3, -0.25) is 0 Å². The average molecular weight is 516 g/mol. The van der Waals surface area contributed by atoms with E-state index in [2.05, 4.69) is 20.1 Å². The first kappa shape index (κ1) is 22.8. The van der Waals surface area contributed by atoms with Gasteiger partial charge < -0.3 is 23.4 Å². The van der Waals surface area contributed by atoms with Gasteiger partial charge in [-0.15, -0.1) is 5.10 Å². The van der Waals surface area contributed by atoms with E-state index in [1.807, 2.05) is 48.5 Å². The summed E-state index contributed by atoms with van der Waals surface area (Å²) in [4.78, 5) is 14.4. The van der Waals surface area contributed by atoms with E-state index in [0.717, 1.165) is 22.4 Å². The fraction of sp³-hybridized carbons (Fsp3) is 0.154. The van der Waals surface area contributed by atoms with Crippen molar-refractivity contribution < 1.29 is 23.4 Å². The third kappa shape index (κ3) is 4.40. The summed E-state index contributed by atoms with van der Waals surface area (Å²) in [5, 5.41) is 5.66. The van der Waals surface area contributed by atoms with Crippen LogP contribution in [0.25, 0.3) is 38.8 Å². The molecule has 0 aliphatic heterocycles. The maximum Gasteiger partial charge on any atom is 0.294 e. The third-order valence-electron chi connectivity index (χ3n) is 5.70. The Balaban J connectivity index is 1.28. The van der Waals surface area contributed by atoms with Crippen molar-refractivity contribution in [3.63, 3.8) is 0 Å². The van der Waals surface area contributed by atoms with Crippen LogP contribution in [0.1, 0.15) is 5.69 Å². The van der Waals surface area contributed by atoms with Crippen molar-refractivity contribution in [2.75, 3.05) is 21.3 Å². The number of imidazole rings is 1. The molecule has 4 heterocycles. The van der Waals surface area contributed by atoms with Gasteiger partial charge in [0.05, 0.1) is 38.6 Å². The van der Waals surface area contributed by atoms with Crippen LogP contribution in [0, 0.1) is 0 Å². The van der Waals surface area contributed by atoms with Crippen LogP contribution in [0.4, 0.5) is 0 Å². The van der Waals surface area contributed by atoms with Gasteiger partial charge in [0.1, 0.15) is 35.1 Å². The average Bonchev–Trinajstić information content (AvgIpc) is 3.65. The van der Waals surface area contributed by atoms with Gasteiger partial charge >= 0.3 is 0 Å². The van der Waals surface area contributed by atoms with Crippen LogP contribution >= 0.6 is 11.3 Å². The van der Waals surface area contributed by atoms with E-state index in [-0.39, 0.29) is 6.61 Å². The van der Waals surface area contributed by atoms with Crippen LogP contribution in [-0.2, 0) is 6.61 Å². The van der Waals surface area contributed by atoms with Crippen molar-refractivity contribution in [3.8, 4) is 45.3 Å². The number of hydrogen-bond donors (Lipinski definition) is 0. The molecular formula is C26H21N5O5S. The summed E-state index contributed by atoms with van der Waals surface area (Å²) in [6.45, 7) is 0.235. The van der Waals surface area contributed by atoms with E-state index in [9.17, 15) is 0 Å². The van der Waals surface area contributed by atoms with Gasteiger partial charge in [-0.05, 0) is 47.7 Å². The second kappa shape index (κ2) is 9.43. The van der Waals surface area contributed by atoms with Crippen LogP contribution < -0.4 is 18.9 Å². The lowest BCUT2D eigenvalue weighted by atomic mass is 10.2. The van der Waals surface area contributed by atoms with Crippen molar-refractivity contribution in [3.05, 3.63) is 66.6 Å². The SMILES string of the molecule is COc1ccc(-c2nccc(COc3cc(OC)cc4oc(-c5cn6nc(OC)sc6n5)cc34)n2)cc1. The lowest BCUT2D eigenvalue weighted by Crippen LogP contribution is -2.01. The topological polar surface area (TPSA) is 106 Å². The number of ether oxygens (including phenoxy) is 4. The zero-order chi connectivity index (χ0) is 25.4. The molecule has 0 amide bonds. The van der Waals surface area contributed by atoms with E-state index >= 15 is 0 Å². The molecule has 0 spiro atoms. The molecule has 0 saturated heterocycles. The Bertz CT molecular complexity index is 1670. The molecule has 6 rings (SSSR count). The highest BCUT2D eigenvalue weighted by atomic mass is 32.1. The Labute approximate surface area is 215 Å². The Hall–Kier alpha value is -4.64. The number of rotatable bonds is 8. The minimum atomic E-state index is 0.235. The number of fused-ring (bicyclic) bond motifs is 2. The molecule has 0 radical (unpaired) electrons. The van der Waals surface area contributed by atoms with E-state index in [0.29, 0.717) is 44.5 Å². The normalized spacial score (nSPS) is 11.2. The Morgan fingerprint density at radius 3 is 2.51 bits per heavy atom. The molecular weight excluding hydrogens is 494 g/mol. The van der Waals surface area contributed by atoms with Crippen molar-refractivity contribution in [2.45, 2.75) is 6.61 Å². The lowest BCUT2D eigenvalue weighted by molar-refractivity contribution is 0.302. The molecule has 0 N–H and O–H groups in total. The van der Waals surface area contributed by atoms with Gasteiger partial charge in [-0.2, -0.15) is 0 Å². The first-order valence-electron chi connectivity index (χ1n) is 11.2. The molecule has 186 valence electrons. The van der Waals surface area contributed by atoms with E-state index < -0.39 is 0 Å².